The van der Waals surface area contributed by atoms with Crippen LogP contribution in [-0.2, 0) is 16.0 Å². The summed E-state index contributed by atoms with van der Waals surface area (Å²) < 4.78 is 0. The molecule has 1 heterocycles. The van der Waals surface area contributed by atoms with Gasteiger partial charge in [-0.1, -0.05) is 18.2 Å². The Morgan fingerprint density at radius 2 is 1.95 bits per heavy atom. The Bertz CT molecular complexity index is 490. The van der Waals surface area contributed by atoms with E-state index in [0.717, 1.165) is 16.7 Å². The Balaban J connectivity index is 2.04. The summed E-state index contributed by atoms with van der Waals surface area (Å²) in [6.07, 6.45) is 0.929. The fraction of sp³-hybridized carbons (Fsp3) is 0.467. The van der Waals surface area contributed by atoms with Gasteiger partial charge < -0.3 is 10.0 Å². The van der Waals surface area contributed by atoms with Crippen molar-refractivity contribution in [2.75, 3.05) is 13.1 Å². The summed E-state index contributed by atoms with van der Waals surface area (Å²) >= 11 is 0. The summed E-state index contributed by atoms with van der Waals surface area (Å²) in [7, 11) is 0. The van der Waals surface area contributed by atoms with Gasteiger partial charge in [-0.25, -0.2) is 0 Å². The van der Waals surface area contributed by atoms with Crippen LogP contribution in [0.25, 0.3) is 0 Å². The third-order valence-electron chi connectivity index (χ3n) is 3.86. The monoisotopic (exact) mass is 261 g/mol. The topological polar surface area (TPSA) is 57.6 Å². The molecule has 102 valence electrons. The zero-order valence-electron chi connectivity index (χ0n) is 11.3. The minimum absolute atomic E-state index is 0.0288. The van der Waals surface area contributed by atoms with Gasteiger partial charge in [-0.15, -0.1) is 0 Å². The van der Waals surface area contributed by atoms with Crippen LogP contribution in [0.1, 0.15) is 23.1 Å². The fourth-order valence-electron chi connectivity index (χ4n) is 2.58. The molecular weight excluding hydrogens is 242 g/mol. The minimum Gasteiger partial charge on any atom is -0.481 e. The summed E-state index contributed by atoms with van der Waals surface area (Å²) in [5.74, 6) is -1.18. The van der Waals surface area contributed by atoms with Crippen molar-refractivity contribution in [2.45, 2.75) is 26.7 Å². The molecule has 1 aromatic rings. The first-order valence-electron chi connectivity index (χ1n) is 6.54. The van der Waals surface area contributed by atoms with E-state index < -0.39 is 11.9 Å². The fourth-order valence-corrected chi connectivity index (χ4v) is 2.58. The van der Waals surface area contributed by atoms with Crippen LogP contribution in [0.5, 0.6) is 0 Å². The zero-order chi connectivity index (χ0) is 14.0. The first kappa shape index (κ1) is 13.6. The smallest absolute Gasteiger partial charge is 0.308 e. The van der Waals surface area contributed by atoms with E-state index in [9.17, 15) is 9.59 Å². The van der Waals surface area contributed by atoms with Crippen LogP contribution in [0.3, 0.4) is 0 Å². The molecule has 4 nitrogen and oxygen atoms in total. The number of rotatable bonds is 3. The van der Waals surface area contributed by atoms with E-state index in [0.29, 0.717) is 25.9 Å². The Hall–Kier alpha value is -1.84. The molecule has 0 aromatic heterocycles. The largest absolute Gasteiger partial charge is 0.481 e. The van der Waals surface area contributed by atoms with Crippen LogP contribution in [0.15, 0.2) is 18.2 Å². The molecule has 1 aliphatic heterocycles. The first-order valence-corrected chi connectivity index (χ1v) is 6.54. The summed E-state index contributed by atoms with van der Waals surface area (Å²) in [6, 6.07) is 5.98. The molecule has 2 rings (SSSR count). The number of aryl methyl sites for hydroxylation is 2. The Morgan fingerprint density at radius 3 is 2.47 bits per heavy atom. The molecule has 1 saturated heterocycles. The molecule has 0 bridgehead atoms. The van der Waals surface area contributed by atoms with Gasteiger partial charge in [-0.3, -0.25) is 9.59 Å². The number of nitrogens with zero attached hydrogens (tertiary/aromatic N) is 1. The third kappa shape index (κ3) is 2.95. The van der Waals surface area contributed by atoms with Crippen molar-refractivity contribution in [3.63, 3.8) is 0 Å². The highest BCUT2D eigenvalue weighted by molar-refractivity contribution is 5.81. The molecule has 0 spiro atoms. The Kier molecular flexibility index (Phi) is 3.88. The lowest BCUT2D eigenvalue weighted by Crippen LogP contribution is -2.31. The molecule has 4 heteroatoms. The zero-order valence-corrected chi connectivity index (χ0v) is 11.3. The van der Waals surface area contributed by atoms with E-state index in [1.807, 2.05) is 32.0 Å². The number of hydrogen-bond acceptors (Lipinski definition) is 2. The maximum absolute atomic E-state index is 12.2. The number of hydrogen-bond donors (Lipinski definition) is 1. The quantitative estimate of drug-likeness (QED) is 0.902. The molecule has 1 atom stereocenters. The van der Waals surface area contributed by atoms with Gasteiger partial charge in [0.2, 0.25) is 5.91 Å². The number of carbonyl (C=O) groups is 2. The SMILES string of the molecule is Cc1cccc(C)c1CC(=O)N1CCC(C(=O)O)C1. The van der Waals surface area contributed by atoms with Crippen molar-refractivity contribution in [3.8, 4) is 0 Å². The number of carboxylic acids is 1. The Labute approximate surface area is 113 Å². The molecular formula is C15H19NO3. The second kappa shape index (κ2) is 5.43. The maximum atomic E-state index is 12.2. The van der Waals surface area contributed by atoms with Gasteiger partial charge in [0.05, 0.1) is 12.3 Å². The van der Waals surface area contributed by atoms with Crippen LogP contribution in [0, 0.1) is 19.8 Å². The lowest BCUT2D eigenvalue weighted by molar-refractivity contribution is -0.141. The Morgan fingerprint density at radius 1 is 1.32 bits per heavy atom. The lowest BCUT2D eigenvalue weighted by Gasteiger charge is -2.17. The third-order valence-corrected chi connectivity index (χ3v) is 3.86. The van der Waals surface area contributed by atoms with Gasteiger partial charge in [0, 0.05) is 13.1 Å². The van der Waals surface area contributed by atoms with Crippen molar-refractivity contribution in [1.29, 1.82) is 0 Å². The van der Waals surface area contributed by atoms with Crippen LogP contribution in [0.4, 0.5) is 0 Å². The lowest BCUT2D eigenvalue weighted by atomic mass is 9.99. The molecule has 1 aliphatic rings. The van der Waals surface area contributed by atoms with Crippen molar-refractivity contribution in [3.05, 3.63) is 34.9 Å². The number of carboxylic acid groups (broad SMARTS) is 1. The van der Waals surface area contributed by atoms with E-state index in [-0.39, 0.29) is 5.91 Å². The molecule has 0 radical (unpaired) electrons. The maximum Gasteiger partial charge on any atom is 0.308 e. The van der Waals surface area contributed by atoms with Gasteiger partial charge in [-0.2, -0.15) is 0 Å². The van der Waals surface area contributed by atoms with Gasteiger partial charge in [0.1, 0.15) is 0 Å². The van der Waals surface area contributed by atoms with Crippen molar-refractivity contribution < 1.29 is 14.7 Å². The second-order valence-electron chi connectivity index (χ2n) is 5.21. The average Bonchev–Trinajstić information content (AvgIpc) is 2.83. The molecule has 0 saturated carbocycles. The minimum atomic E-state index is -0.803. The number of likely N-dealkylation sites (tertiary alicyclic amines) is 1. The van der Waals surface area contributed by atoms with Crippen LogP contribution < -0.4 is 0 Å². The highest BCUT2D eigenvalue weighted by atomic mass is 16.4. The van der Waals surface area contributed by atoms with Crippen LogP contribution in [0.2, 0.25) is 0 Å². The summed E-state index contributed by atoms with van der Waals surface area (Å²) in [5, 5.41) is 8.95. The molecule has 1 unspecified atom stereocenters. The number of aliphatic carboxylic acids is 1. The predicted octanol–water partition coefficient (Wildman–Crippen LogP) is 1.78. The number of amides is 1. The molecule has 1 aromatic carbocycles. The highest BCUT2D eigenvalue weighted by Crippen LogP contribution is 2.20. The number of benzene rings is 1. The second-order valence-corrected chi connectivity index (χ2v) is 5.21. The van der Waals surface area contributed by atoms with Gasteiger partial charge in [0.15, 0.2) is 0 Å². The van der Waals surface area contributed by atoms with E-state index in [4.69, 9.17) is 5.11 Å². The van der Waals surface area contributed by atoms with Crippen molar-refractivity contribution in [1.82, 2.24) is 4.90 Å². The first-order chi connectivity index (χ1) is 8.99. The van der Waals surface area contributed by atoms with Crippen LogP contribution >= 0.6 is 0 Å². The predicted molar refractivity (Wildman–Crippen MR) is 71.9 cm³/mol. The molecule has 19 heavy (non-hydrogen) atoms. The van der Waals surface area contributed by atoms with Gasteiger partial charge in [-0.05, 0) is 37.0 Å². The van der Waals surface area contributed by atoms with E-state index >= 15 is 0 Å². The van der Waals surface area contributed by atoms with E-state index in [1.165, 1.54) is 0 Å². The van der Waals surface area contributed by atoms with E-state index in [2.05, 4.69) is 0 Å². The van der Waals surface area contributed by atoms with Gasteiger partial charge >= 0.3 is 5.97 Å². The summed E-state index contributed by atoms with van der Waals surface area (Å²) in [6.45, 7) is 4.90. The summed E-state index contributed by atoms with van der Waals surface area (Å²) in [5.41, 5.74) is 3.29. The number of carbonyl (C=O) groups excluding carboxylic acids is 1. The van der Waals surface area contributed by atoms with Gasteiger partial charge in [0.25, 0.3) is 0 Å². The highest BCUT2D eigenvalue weighted by Gasteiger charge is 2.30. The normalized spacial score (nSPS) is 18.6. The van der Waals surface area contributed by atoms with Crippen molar-refractivity contribution >= 4 is 11.9 Å². The standard InChI is InChI=1S/C15H19NO3/c1-10-4-3-5-11(2)13(10)8-14(17)16-7-6-12(9-16)15(18)19/h3-5,12H,6-9H2,1-2H3,(H,18,19). The van der Waals surface area contributed by atoms with E-state index in [1.54, 1.807) is 4.90 Å². The molecule has 1 N–H and O–H groups in total. The molecule has 0 aliphatic carbocycles. The molecule has 1 amide bonds. The summed E-state index contributed by atoms with van der Waals surface area (Å²) in [4.78, 5) is 24.8. The molecule has 1 fully saturated rings. The van der Waals surface area contributed by atoms with Crippen LogP contribution in [-0.4, -0.2) is 35.0 Å². The average molecular weight is 261 g/mol. The van der Waals surface area contributed by atoms with Crippen molar-refractivity contribution in [2.24, 2.45) is 5.92 Å².